The Kier molecular flexibility index (Phi) is 8.19. The van der Waals surface area contributed by atoms with Crippen LogP contribution >= 0.6 is 34.4 Å². The molecule has 6 nitrogen and oxygen atoms in total. The van der Waals surface area contributed by atoms with Crippen LogP contribution in [0.5, 0.6) is 11.5 Å². The molecule has 0 aromatic heterocycles. The standard InChI is InChI=1S/C31H23IN2O4S/c1-2-37-27-15-21(14-26(32)29(27)38-19-20-11-12-22-7-3-4-8-23(22)13-20)16-28-30(35)34(31(36)39-28)18-25-10-6-5-9-24(25)17-33/h3-16H,2,18-19H2,1H3/b28-16+. The topological polar surface area (TPSA) is 79.6 Å². The van der Waals surface area contributed by atoms with Crippen LogP contribution in [-0.4, -0.2) is 22.7 Å². The Morgan fingerprint density at radius 1 is 0.974 bits per heavy atom. The second kappa shape index (κ2) is 11.9. The van der Waals surface area contributed by atoms with Crippen molar-refractivity contribution >= 4 is 62.3 Å². The molecule has 0 bridgehead atoms. The van der Waals surface area contributed by atoms with Crippen LogP contribution in [-0.2, 0) is 17.9 Å². The molecule has 1 aliphatic heterocycles. The Morgan fingerprint density at radius 3 is 2.54 bits per heavy atom. The van der Waals surface area contributed by atoms with Gasteiger partial charge in [-0.05, 0) is 99.1 Å². The van der Waals surface area contributed by atoms with Gasteiger partial charge in [-0.3, -0.25) is 14.5 Å². The van der Waals surface area contributed by atoms with Gasteiger partial charge in [0.2, 0.25) is 0 Å². The number of halogens is 1. The Balaban J connectivity index is 1.37. The SMILES string of the molecule is CCOc1cc(/C=C2/SC(=O)N(Cc3ccccc3C#N)C2=O)cc(I)c1OCc1ccc2ccccc2c1. The first-order valence-corrected chi connectivity index (χ1v) is 14.2. The van der Waals surface area contributed by atoms with Gasteiger partial charge in [-0.2, -0.15) is 5.26 Å². The van der Waals surface area contributed by atoms with Crippen molar-refractivity contribution in [3.8, 4) is 17.6 Å². The number of nitrogens with zero attached hydrogens (tertiary/aromatic N) is 2. The maximum atomic E-state index is 13.1. The Labute approximate surface area is 244 Å². The van der Waals surface area contributed by atoms with E-state index in [1.54, 1.807) is 30.3 Å². The number of rotatable bonds is 8. The summed E-state index contributed by atoms with van der Waals surface area (Å²) < 4.78 is 12.9. The Bertz CT molecular complexity index is 1660. The minimum atomic E-state index is -0.387. The van der Waals surface area contributed by atoms with Crippen LogP contribution in [0.25, 0.3) is 16.8 Å². The number of carbonyl (C=O) groups is 2. The quantitative estimate of drug-likeness (QED) is 0.146. The van der Waals surface area contributed by atoms with Crippen LogP contribution in [0.4, 0.5) is 4.79 Å². The number of hydrogen-bond donors (Lipinski definition) is 0. The van der Waals surface area contributed by atoms with Crippen molar-refractivity contribution in [3.63, 3.8) is 0 Å². The molecule has 5 rings (SSSR count). The highest BCUT2D eigenvalue weighted by Gasteiger charge is 2.35. The van der Waals surface area contributed by atoms with E-state index in [1.807, 2.05) is 31.2 Å². The van der Waals surface area contributed by atoms with E-state index < -0.39 is 0 Å². The highest BCUT2D eigenvalue weighted by Crippen LogP contribution is 2.38. The number of amides is 2. The molecule has 8 heteroatoms. The van der Waals surface area contributed by atoms with Crippen molar-refractivity contribution in [1.82, 2.24) is 4.90 Å². The molecular weight excluding hydrogens is 623 g/mol. The van der Waals surface area contributed by atoms with Gasteiger partial charge in [0.1, 0.15) is 6.61 Å². The summed E-state index contributed by atoms with van der Waals surface area (Å²) in [5.41, 5.74) is 2.84. The molecule has 4 aromatic rings. The number of carbonyl (C=O) groups excluding carboxylic acids is 2. The maximum absolute atomic E-state index is 13.1. The number of imide groups is 1. The minimum absolute atomic E-state index is 0.0506. The predicted octanol–water partition coefficient (Wildman–Crippen LogP) is 7.53. The zero-order valence-electron chi connectivity index (χ0n) is 21.0. The van der Waals surface area contributed by atoms with Crippen LogP contribution in [0.1, 0.15) is 29.2 Å². The van der Waals surface area contributed by atoms with Gasteiger partial charge in [0.25, 0.3) is 11.1 Å². The summed E-state index contributed by atoms with van der Waals surface area (Å²) in [5.74, 6) is 0.810. The first-order valence-electron chi connectivity index (χ1n) is 12.3. The van der Waals surface area contributed by atoms with Crippen molar-refractivity contribution in [1.29, 1.82) is 5.26 Å². The lowest BCUT2D eigenvalue weighted by atomic mass is 10.1. The third-order valence-electron chi connectivity index (χ3n) is 6.17. The van der Waals surface area contributed by atoms with Gasteiger partial charge in [-0.1, -0.05) is 54.6 Å². The van der Waals surface area contributed by atoms with Gasteiger partial charge in [-0.15, -0.1) is 0 Å². The molecule has 2 amide bonds. The normalized spacial score (nSPS) is 14.2. The lowest BCUT2D eigenvalue weighted by Gasteiger charge is -2.15. The first-order chi connectivity index (χ1) is 19.0. The molecule has 0 saturated carbocycles. The number of fused-ring (bicyclic) bond motifs is 1. The zero-order valence-corrected chi connectivity index (χ0v) is 24.0. The van der Waals surface area contributed by atoms with Crippen molar-refractivity contribution in [3.05, 3.63) is 110 Å². The summed E-state index contributed by atoms with van der Waals surface area (Å²) in [6.45, 7) is 2.77. The molecule has 0 atom stereocenters. The van der Waals surface area contributed by atoms with E-state index in [0.717, 1.165) is 31.8 Å². The van der Waals surface area contributed by atoms with Gasteiger partial charge in [0.05, 0.1) is 33.3 Å². The van der Waals surface area contributed by atoms with E-state index in [1.165, 1.54) is 10.3 Å². The lowest BCUT2D eigenvalue weighted by molar-refractivity contribution is -0.123. The average Bonchev–Trinajstić information content (AvgIpc) is 3.20. The number of nitriles is 1. The molecule has 39 heavy (non-hydrogen) atoms. The first kappa shape index (κ1) is 26.8. The average molecular weight is 647 g/mol. The molecule has 0 N–H and O–H groups in total. The van der Waals surface area contributed by atoms with Crippen LogP contribution in [0, 0.1) is 14.9 Å². The van der Waals surface area contributed by atoms with E-state index >= 15 is 0 Å². The van der Waals surface area contributed by atoms with Gasteiger partial charge in [0, 0.05) is 0 Å². The number of thioether (sulfide) groups is 1. The third-order valence-corrected chi connectivity index (χ3v) is 7.88. The molecule has 4 aromatic carbocycles. The van der Waals surface area contributed by atoms with Crippen molar-refractivity contribution in [2.24, 2.45) is 0 Å². The van der Waals surface area contributed by atoms with Gasteiger partial charge < -0.3 is 9.47 Å². The molecule has 1 heterocycles. The lowest BCUT2D eigenvalue weighted by Crippen LogP contribution is -2.27. The smallest absolute Gasteiger partial charge is 0.293 e. The van der Waals surface area contributed by atoms with Crippen molar-refractivity contribution in [2.75, 3.05) is 6.61 Å². The summed E-state index contributed by atoms with van der Waals surface area (Å²) in [4.78, 5) is 27.3. The summed E-state index contributed by atoms with van der Waals surface area (Å²) >= 11 is 3.09. The monoisotopic (exact) mass is 646 g/mol. The number of ether oxygens (including phenoxy) is 2. The van der Waals surface area contributed by atoms with Gasteiger partial charge in [0.15, 0.2) is 11.5 Å². The summed E-state index contributed by atoms with van der Waals surface area (Å²) in [6.07, 6.45) is 1.69. The van der Waals surface area contributed by atoms with Gasteiger partial charge >= 0.3 is 0 Å². The molecule has 194 valence electrons. The number of benzene rings is 4. The van der Waals surface area contributed by atoms with E-state index in [0.29, 0.717) is 40.7 Å². The Hall–Kier alpha value is -3.81. The highest BCUT2D eigenvalue weighted by atomic mass is 127. The van der Waals surface area contributed by atoms with Crippen molar-refractivity contribution in [2.45, 2.75) is 20.1 Å². The second-order valence-corrected chi connectivity index (χ2v) is 10.9. The molecule has 1 aliphatic rings. The third kappa shape index (κ3) is 5.95. The molecule has 0 aliphatic carbocycles. The predicted molar refractivity (Wildman–Crippen MR) is 161 cm³/mol. The largest absolute Gasteiger partial charge is 0.490 e. The fraction of sp³-hybridized carbons (Fsp3) is 0.129. The molecule has 1 saturated heterocycles. The van der Waals surface area contributed by atoms with E-state index in [-0.39, 0.29) is 17.7 Å². The molecular formula is C31H23IN2O4S. The second-order valence-electron chi connectivity index (χ2n) is 8.77. The Morgan fingerprint density at radius 2 is 1.74 bits per heavy atom. The molecule has 0 spiro atoms. The minimum Gasteiger partial charge on any atom is -0.490 e. The van der Waals surface area contributed by atoms with Crippen LogP contribution in [0.15, 0.2) is 83.8 Å². The maximum Gasteiger partial charge on any atom is 0.293 e. The van der Waals surface area contributed by atoms with Crippen molar-refractivity contribution < 1.29 is 19.1 Å². The zero-order chi connectivity index (χ0) is 27.4. The van der Waals surface area contributed by atoms with Crippen LogP contribution in [0.2, 0.25) is 0 Å². The molecule has 1 fully saturated rings. The van der Waals surface area contributed by atoms with Crippen LogP contribution < -0.4 is 9.47 Å². The summed E-state index contributed by atoms with van der Waals surface area (Å²) in [5, 5.41) is 11.3. The van der Waals surface area contributed by atoms with Crippen LogP contribution in [0.3, 0.4) is 0 Å². The number of hydrogen-bond acceptors (Lipinski definition) is 6. The van der Waals surface area contributed by atoms with E-state index in [9.17, 15) is 14.9 Å². The summed E-state index contributed by atoms with van der Waals surface area (Å²) in [6, 6.07) is 27.2. The molecule has 0 radical (unpaired) electrons. The van der Waals surface area contributed by atoms with E-state index in [2.05, 4.69) is 59.0 Å². The summed E-state index contributed by atoms with van der Waals surface area (Å²) in [7, 11) is 0. The highest BCUT2D eigenvalue weighted by molar-refractivity contribution is 14.1. The van der Waals surface area contributed by atoms with E-state index in [4.69, 9.17) is 9.47 Å². The van der Waals surface area contributed by atoms with Gasteiger partial charge in [-0.25, -0.2) is 0 Å². The fourth-order valence-electron chi connectivity index (χ4n) is 4.28. The molecule has 0 unspecified atom stereocenters. The fourth-order valence-corrected chi connectivity index (χ4v) is 5.90.